The van der Waals surface area contributed by atoms with Crippen LogP contribution in [0.25, 0.3) is 21.9 Å². The highest BCUT2D eigenvalue weighted by Crippen LogP contribution is 2.71. The third-order valence-electron chi connectivity index (χ3n) is 15.0. The summed E-state index contributed by atoms with van der Waals surface area (Å²) in [6.45, 7) is 9.76. The maximum Gasteiger partial charge on any atom is 0.137 e. The molecule has 5 aromatic rings. The van der Waals surface area contributed by atoms with Crippen molar-refractivity contribution >= 4 is 39.0 Å². The third kappa shape index (κ3) is 3.91. The van der Waals surface area contributed by atoms with Gasteiger partial charge in [0.05, 0.1) is 0 Å². The van der Waals surface area contributed by atoms with Crippen LogP contribution in [0.3, 0.4) is 0 Å². The molecule has 0 radical (unpaired) electrons. The van der Waals surface area contributed by atoms with Crippen LogP contribution in [0.4, 0.5) is 17.1 Å². The number of anilines is 3. The second-order valence-electron chi connectivity index (χ2n) is 18.4. The molecule has 2 atom stereocenters. The van der Waals surface area contributed by atoms with Gasteiger partial charge in [-0.15, -0.1) is 0 Å². The fourth-order valence-electron chi connectivity index (χ4n) is 12.9. The first-order chi connectivity index (χ1) is 24.2. The molecule has 252 valence electrons. The van der Waals surface area contributed by atoms with Crippen LogP contribution in [0.2, 0.25) is 0 Å². The molecule has 2 heteroatoms. The zero-order valence-corrected chi connectivity index (χ0v) is 30.1. The molecule has 0 amide bonds. The Labute approximate surface area is 297 Å². The van der Waals surface area contributed by atoms with Crippen molar-refractivity contribution < 1.29 is 4.42 Å². The summed E-state index contributed by atoms with van der Waals surface area (Å²) in [5.41, 5.74) is 12.4. The van der Waals surface area contributed by atoms with Gasteiger partial charge in [-0.3, -0.25) is 0 Å². The van der Waals surface area contributed by atoms with Crippen LogP contribution in [0.1, 0.15) is 101 Å². The second kappa shape index (κ2) is 10.1. The Morgan fingerprint density at radius 2 is 1.20 bits per heavy atom. The van der Waals surface area contributed by atoms with E-state index in [0.29, 0.717) is 11.8 Å². The van der Waals surface area contributed by atoms with Crippen molar-refractivity contribution in [3.8, 4) is 0 Å². The zero-order chi connectivity index (χ0) is 33.6. The number of fused-ring (bicyclic) bond motifs is 7. The Balaban J connectivity index is 1.13. The maximum atomic E-state index is 6.52. The molecule has 4 bridgehead atoms. The lowest BCUT2D eigenvalue weighted by Crippen LogP contribution is -2.57. The molecule has 1 aromatic heterocycles. The van der Waals surface area contributed by atoms with E-state index in [1.807, 2.05) is 0 Å². The SMILES string of the molecule is CC1(C)CCC(C)(C)c2cc(N(c3ccc4c(c3)C3(C5CC6CC(C5)CC3C6)C3C=CC=CC43)c3ccc4c(c3)oc3ccccc34)ccc21. The topological polar surface area (TPSA) is 16.4 Å². The maximum absolute atomic E-state index is 6.52. The van der Waals surface area contributed by atoms with Gasteiger partial charge in [0.25, 0.3) is 0 Å². The first kappa shape index (κ1) is 29.7. The number of para-hydroxylation sites is 1. The first-order valence-electron chi connectivity index (χ1n) is 19.6. The van der Waals surface area contributed by atoms with Crippen molar-refractivity contribution in [1.82, 2.24) is 0 Å². The van der Waals surface area contributed by atoms with Gasteiger partial charge in [-0.05, 0) is 150 Å². The number of furan rings is 1. The average Bonchev–Trinajstić information content (AvgIpc) is 3.62. The van der Waals surface area contributed by atoms with Crippen molar-refractivity contribution in [2.45, 2.75) is 94.8 Å². The molecule has 4 saturated carbocycles. The lowest BCUT2D eigenvalue weighted by atomic mass is 9.41. The standard InChI is InChI=1S/C48H49NO/c1-46(2)19-20-47(3,4)43-27-34(15-18-41(43)46)49(35-14-17-39-38-10-6-8-12-44(38)50-45(39)28-35)33-13-16-37-36-9-5-7-11-40(36)48(42(37)26-33)31-22-29-21-30(24-31)25-32(48)23-29/h5-18,26-32,36,40H,19-25H2,1-4H3. The quantitative estimate of drug-likeness (QED) is 0.192. The van der Waals surface area contributed by atoms with Crippen LogP contribution in [0.5, 0.6) is 0 Å². The Kier molecular flexibility index (Phi) is 5.97. The van der Waals surface area contributed by atoms with Crippen molar-refractivity contribution in [3.05, 3.63) is 125 Å². The fraction of sp³-hybridized carbons (Fsp3) is 0.417. The molecule has 4 aromatic carbocycles. The molecule has 2 unspecified atom stereocenters. The molecule has 1 heterocycles. The lowest BCUT2D eigenvalue weighted by Gasteiger charge is -2.63. The third-order valence-corrected chi connectivity index (χ3v) is 15.0. The van der Waals surface area contributed by atoms with E-state index >= 15 is 0 Å². The van der Waals surface area contributed by atoms with Gasteiger partial charge in [-0.2, -0.15) is 0 Å². The van der Waals surface area contributed by atoms with Crippen LogP contribution in [0.15, 0.2) is 108 Å². The molecule has 12 rings (SSSR count). The summed E-state index contributed by atoms with van der Waals surface area (Å²) in [4.78, 5) is 2.56. The van der Waals surface area contributed by atoms with E-state index in [1.54, 1.807) is 11.1 Å². The highest BCUT2D eigenvalue weighted by molar-refractivity contribution is 6.06. The molecule has 7 aliphatic rings. The van der Waals surface area contributed by atoms with Crippen molar-refractivity contribution in [2.75, 3.05) is 4.90 Å². The Morgan fingerprint density at radius 1 is 0.580 bits per heavy atom. The van der Waals surface area contributed by atoms with E-state index in [2.05, 4.69) is 136 Å². The van der Waals surface area contributed by atoms with Crippen LogP contribution in [-0.4, -0.2) is 0 Å². The van der Waals surface area contributed by atoms with Crippen molar-refractivity contribution in [1.29, 1.82) is 0 Å². The van der Waals surface area contributed by atoms with Gasteiger partial charge in [0.2, 0.25) is 0 Å². The van der Waals surface area contributed by atoms with Gasteiger partial charge < -0.3 is 9.32 Å². The summed E-state index contributed by atoms with van der Waals surface area (Å²) in [6.07, 6.45) is 19.5. The molecule has 2 nitrogen and oxygen atoms in total. The Hall–Kier alpha value is -4.04. The molecule has 50 heavy (non-hydrogen) atoms. The number of rotatable bonds is 3. The zero-order valence-electron chi connectivity index (χ0n) is 30.1. The van der Waals surface area contributed by atoms with Crippen LogP contribution in [-0.2, 0) is 16.2 Å². The summed E-state index contributed by atoms with van der Waals surface area (Å²) < 4.78 is 6.52. The lowest BCUT2D eigenvalue weighted by molar-refractivity contribution is -0.0761. The monoisotopic (exact) mass is 655 g/mol. The smallest absolute Gasteiger partial charge is 0.137 e. The summed E-state index contributed by atoms with van der Waals surface area (Å²) in [6, 6.07) is 30.4. The number of benzene rings is 4. The molecule has 0 saturated heterocycles. The van der Waals surface area contributed by atoms with E-state index in [0.717, 1.165) is 34.8 Å². The fourth-order valence-corrected chi connectivity index (χ4v) is 12.9. The van der Waals surface area contributed by atoms with Crippen LogP contribution >= 0.6 is 0 Å². The number of hydrogen-bond donors (Lipinski definition) is 0. The molecule has 7 aliphatic carbocycles. The van der Waals surface area contributed by atoms with Gasteiger partial charge in [0, 0.05) is 45.2 Å². The number of hydrogen-bond acceptors (Lipinski definition) is 2. The average molecular weight is 656 g/mol. The normalized spacial score (nSPS) is 32.1. The first-order valence-corrected chi connectivity index (χ1v) is 19.6. The van der Waals surface area contributed by atoms with E-state index < -0.39 is 0 Å². The molecular formula is C48H49NO. The molecule has 1 spiro atoms. The van der Waals surface area contributed by atoms with E-state index in [-0.39, 0.29) is 16.2 Å². The van der Waals surface area contributed by atoms with Gasteiger partial charge in [0.15, 0.2) is 0 Å². The number of allylic oxidation sites excluding steroid dienone is 4. The second-order valence-corrected chi connectivity index (χ2v) is 18.4. The van der Waals surface area contributed by atoms with Gasteiger partial charge in [0.1, 0.15) is 11.2 Å². The predicted octanol–water partition coefficient (Wildman–Crippen LogP) is 12.9. The minimum Gasteiger partial charge on any atom is -0.456 e. The minimum absolute atomic E-state index is 0.131. The summed E-state index contributed by atoms with van der Waals surface area (Å²) in [7, 11) is 0. The molecular weight excluding hydrogens is 607 g/mol. The summed E-state index contributed by atoms with van der Waals surface area (Å²) in [5, 5.41) is 2.37. The van der Waals surface area contributed by atoms with E-state index in [4.69, 9.17) is 4.42 Å². The highest BCUT2D eigenvalue weighted by Gasteiger charge is 2.64. The molecule has 4 fully saturated rings. The molecule has 0 N–H and O–H groups in total. The largest absolute Gasteiger partial charge is 0.456 e. The van der Waals surface area contributed by atoms with Crippen molar-refractivity contribution in [2.24, 2.45) is 29.6 Å². The Bertz CT molecular complexity index is 2250. The van der Waals surface area contributed by atoms with Crippen molar-refractivity contribution in [3.63, 3.8) is 0 Å². The minimum atomic E-state index is 0.131. The van der Waals surface area contributed by atoms with Crippen LogP contribution < -0.4 is 4.90 Å². The van der Waals surface area contributed by atoms with Gasteiger partial charge >= 0.3 is 0 Å². The highest BCUT2D eigenvalue weighted by atomic mass is 16.3. The van der Waals surface area contributed by atoms with Gasteiger partial charge in [-0.25, -0.2) is 0 Å². The summed E-state index contributed by atoms with van der Waals surface area (Å²) in [5.74, 6) is 4.57. The van der Waals surface area contributed by atoms with E-state index in [1.165, 1.54) is 83.9 Å². The predicted molar refractivity (Wildman–Crippen MR) is 207 cm³/mol. The van der Waals surface area contributed by atoms with E-state index in [9.17, 15) is 0 Å². The summed E-state index contributed by atoms with van der Waals surface area (Å²) >= 11 is 0. The Morgan fingerprint density at radius 3 is 1.98 bits per heavy atom. The van der Waals surface area contributed by atoms with Gasteiger partial charge in [-0.1, -0.05) is 82.3 Å². The number of nitrogens with zero attached hydrogens (tertiary/aromatic N) is 1. The molecule has 0 aliphatic heterocycles. The van der Waals surface area contributed by atoms with Crippen LogP contribution in [0, 0.1) is 29.6 Å².